The van der Waals surface area contributed by atoms with Gasteiger partial charge in [-0.2, -0.15) is 0 Å². The van der Waals surface area contributed by atoms with E-state index in [2.05, 4.69) is 5.32 Å². The van der Waals surface area contributed by atoms with E-state index in [1.54, 1.807) is 21.0 Å². The zero-order chi connectivity index (χ0) is 17.9. The molecular formula is C17H29N3O4. The first-order valence-corrected chi connectivity index (χ1v) is 8.06. The fourth-order valence-electron chi connectivity index (χ4n) is 1.89. The number of nitrogens with one attached hydrogen (secondary N) is 1. The standard InChI is InChI=1S/C17H27N3O4.H2/c1-5-18-15-9-7-14(8-10-15)13-24-17(22)20(4)12-11-19(3)16(21)23-6-2;/h7-10,18H,5-6,11-13H2,1-4H3;1H. The molecule has 136 valence electrons. The molecule has 0 bridgehead atoms. The smallest absolute Gasteiger partial charge is 0.409 e. The summed E-state index contributed by atoms with van der Waals surface area (Å²) >= 11 is 0. The number of benzene rings is 1. The summed E-state index contributed by atoms with van der Waals surface area (Å²) in [7, 11) is 3.26. The Bertz CT molecular complexity index is 525. The van der Waals surface area contributed by atoms with Gasteiger partial charge in [-0.25, -0.2) is 9.59 Å². The van der Waals surface area contributed by atoms with E-state index < -0.39 is 12.2 Å². The number of hydrogen-bond donors (Lipinski definition) is 1. The molecule has 7 nitrogen and oxygen atoms in total. The van der Waals surface area contributed by atoms with Crippen molar-refractivity contribution in [3.8, 4) is 0 Å². The molecule has 0 unspecified atom stereocenters. The highest BCUT2D eigenvalue weighted by atomic mass is 16.6. The molecular weight excluding hydrogens is 310 g/mol. The third kappa shape index (κ3) is 6.76. The van der Waals surface area contributed by atoms with Crippen LogP contribution in [0.4, 0.5) is 15.3 Å². The first kappa shape index (κ1) is 19.6. The van der Waals surface area contributed by atoms with Gasteiger partial charge in [-0.3, -0.25) is 0 Å². The van der Waals surface area contributed by atoms with Gasteiger partial charge in [0, 0.05) is 40.8 Å². The first-order chi connectivity index (χ1) is 11.5. The van der Waals surface area contributed by atoms with Crippen molar-refractivity contribution < 1.29 is 20.5 Å². The maximum Gasteiger partial charge on any atom is 0.409 e. The number of anilines is 1. The quantitative estimate of drug-likeness (QED) is 0.788. The molecule has 1 rings (SSSR count). The monoisotopic (exact) mass is 339 g/mol. The van der Waals surface area contributed by atoms with Crippen LogP contribution in [-0.2, 0) is 16.1 Å². The molecule has 0 aromatic heterocycles. The predicted octanol–water partition coefficient (Wildman–Crippen LogP) is 3.02. The second kappa shape index (κ2) is 10.4. The minimum Gasteiger partial charge on any atom is -0.450 e. The minimum atomic E-state index is -0.428. The summed E-state index contributed by atoms with van der Waals surface area (Å²) in [4.78, 5) is 26.3. The number of carbonyl (C=O) groups excluding carboxylic acids is 2. The van der Waals surface area contributed by atoms with Crippen LogP contribution in [0.5, 0.6) is 0 Å². The van der Waals surface area contributed by atoms with Gasteiger partial charge in [-0.1, -0.05) is 12.1 Å². The SMILES string of the molecule is CCNc1ccc(COC(=O)N(C)CCN(C)C(=O)OCC)cc1.[HH]. The Hall–Kier alpha value is -2.44. The number of amides is 2. The summed E-state index contributed by atoms with van der Waals surface area (Å²) in [5.41, 5.74) is 1.95. The Morgan fingerprint density at radius 1 is 1.00 bits per heavy atom. The van der Waals surface area contributed by atoms with E-state index in [-0.39, 0.29) is 8.03 Å². The summed E-state index contributed by atoms with van der Waals surface area (Å²) in [6.07, 6.45) is -0.830. The van der Waals surface area contributed by atoms with Crippen LogP contribution in [0.3, 0.4) is 0 Å². The summed E-state index contributed by atoms with van der Waals surface area (Å²) in [6.45, 7) is 5.93. The largest absolute Gasteiger partial charge is 0.450 e. The summed E-state index contributed by atoms with van der Waals surface area (Å²) in [5, 5.41) is 3.20. The number of likely N-dealkylation sites (N-methyl/N-ethyl adjacent to an activating group) is 2. The molecule has 0 atom stereocenters. The molecule has 1 N–H and O–H groups in total. The number of hydrogen-bond acceptors (Lipinski definition) is 5. The average molecular weight is 339 g/mol. The summed E-state index contributed by atoms with van der Waals surface area (Å²) in [5.74, 6) is 0. The lowest BCUT2D eigenvalue weighted by Crippen LogP contribution is -2.37. The highest BCUT2D eigenvalue weighted by Gasteiger charge is 2.14. The molecule has 0 aliphatic rings. The van der Waals surface area contributed by atoms with Crippen LogP contribution < -0.4 is 5.32 Å². The van der Waals surface area contributed by atoms with E-state index in [0.717, 1.165) is 17.8 Å². The van der Waals surface area contributed by atoms with Gasteiger partial charge in [-0.15, -0.1) is 0 Å². The number of carbonyl (C=O) groups is 2. The second-order valence-electron chi connectivity index (χ2n) is 5.32. The lowest BCUT2D eigenvalue weighted by Gasteiger charge is -2.21. The van der Waals surface area contributed by atoms with Gasteiger partial charge in [0.15, 0.2) is 0 Å². The molecule has 0 aliphatic carbocycles. The first-order valence-electron chi connectivity index (χ1n) is 8.06. The molecule has 0 aliphatic heterocycles. The average Bonchev–Trinajstić information content (AvgIpc) is 2.58. The van der Waals surface area contributed by atoms with E-state index in [1.165, 1.54) is 9.80 Å². The van der Waals surface area contributed by atoms with Gasteiger partial charge in [0.25, 0.3) is 0 Å². The minimum absolute atomic E-state index is 0. The highest BCUT2D eigenvalue weighted by Crippen LogP contribution is 2.10. The second-order valence-corrected chi connectivity index (χ2v) is 5.32. The van der Waals surface area contributed by atoms with Crippen LogP contribution in [0.1, 0.15) is 20.8 Å². The van der Waals surface area contributed by atoms with Crippen LogP contribution in [0.15, 0.2) is 24.3 Å². The van der Waals surface area contributed by atoms with Gasteiger partial charge in [0.05, 0.1) is 6.61 Å². The molecule has 7 heteroatoms. The highest BCUT2D eigenvalue weighted by molar-refractivity contribution is 5.68. The Morgan fingerprint density at radius 3 is 2.04 bits per heavy atom. The molecule has 1 aromatic carbocycles. The molecule has 0 spiro atoms. The molecule has 0 fully saturated rings. The van der Waals surface area contributed by atoms with Gasteiger partial charge in [-0.05, 0) is 31.5 Å². The van der Waals surface area contributed by atoms with Crippen LogP contribution in [0, 0.1) is 0 Å². The summed E-state index contributed by atoms with van der Waals surface area (Å²) < 4.78 is 10.1. The van der Waals surface area contributed by atoms with E-state index in [0.29, 0.717) is 19.7 Å². The number of nitrogens with zero attached hydrogens (tertiary/aromatic N) is 2. The van der Waals surface area contributed by atoms with Crippen LogP contribution in [-0.4, -0.2) is 62.3 Å². The molecule has 24 heavy (non-hydrogen) atoms. The fraction of sp³-hybridized carbons (Fsp3) is 0.529. The zero-order valence-corrected chi connectivity index (χ0v) is 14.9. The maximum atomic E-state index is 12.0. The van der Waals surface area contributed by atoms with Gasteiger partial charge < -0.3 is 24.6 Å². The van der Waals surface area contributed by atoms with E-state index in [1.807, 2.05) is 31.2 Å². The van der Waals surface area contributed by atoms with Crippen molar-refractivity contribution in [3.05, 3.63) is 29.8 Å². The molecule has 0 saturated heterocycles. The van der Waals surface area contributed by atoms with E-state index in [4.69, 9.17) is 9.47 Å². The molecule has 0 radical (unpaired) electrons. The molecule has 0 heterocycles. The lowest BCUT2D eigenvalue weighted by molar-refractivity contribution is 0.0939. The van der Waals surface area contributed by atoms with Crippen molar-refractivity contribution >= 4 is 17.9 Å². The Morgan fingerprint density at radius 2 is 1.54 bits per heavy atom. The van der Waals surface area contributed by atoms with Crippen molar-refractivity contribution in [2.45, 2.75) is 20.5 Å². The van der Waals surface area contributed by atoms with Crippen molar-refractivity contribution in [1.82, 2.24) is 9.80 Å². The lowest BCUT2D eigenvalue weighted by atomic mass is 10.2. The van der Waals surface area contributed by atoms with Crippen molar-refractivity contribution in [1.29, 1.82) is 0 Å². The van der Waals surface area contributed by atoms with Gasteiger partial charge in [0.1, 0.15) is 6.61 Å². The van der Waals surface area contributed by atoms with E-state index >= 15 is 0 Å². The van der Waals surface area contributed by atoms with Crippen LogP contribution >= 0.6 is 0 Å². The normalized spacial score (nSPS) is 10.0. The summed E-state index contributed by atoms with van der Waals surface area (Å²) in [6, 6.07) is 7.73. The van der Waals surface area contributed by atoms with Crippen molar-refractivity contribution in [2.24, 2.45) is 0 Å². The Labute approximate surface area is 145 Å². The fourth-order valence-corrected chi connectivity index (χ4v) is 1.89. The van der Waals surface area contributed by atoms with Crippen molar-refractivity contribution in [2.75, 3.05) is 45.7 Å². The topological polar surface area (TPSA) is 71.1 Å². The Balaban J connectivity index is 0.00000576. The molecule has 0 saturated carbocycles. The third-order valence-electron chi connectivity index (χ3n) is 3.36. The van der Waals surface area contributed by atoms with Crippen LogP contribution in [0.2, 0.25) is 0 Å². The van der Waals surface area contributed by atoms with E-state index in [9.17, 15) is 9.59 Å². The molecule has 2 amide bonds. The maximum absolute atomic E-state index is 12.0. The van der Waals surface area contributed by atoms with Crippen molar-refractivity contribution in [3.63, 3.8) is 0 Å². The molecule has 1 aromatic rings. The van der Waals surface area contributed by atoms with Crippen LogP contribution in [0.25, 0.3) is 0 Å². The number of ether oxygens (including phenoxy) is 2. The van der Waals surface area contributed by atoms with Gasteiger partial charge in [0.2, 0.25) is 0 Å². The van der Waals surface area contributed by atoms with Gasteiger partial charge >= 0.3 is 12.2 Å². The predicted molar refractivity (Wildman–Crippen MR) is 95.2 cm³/mol. The Kier molecular flexibility index (Phi) is 8.46. The third-order valence-corrected chi connectivity index (χ3v) is 3.36. The zero-order valence-electron chi connectivity index (χ0n) is 14.9. The number of rotatable bonds is 8.